The average molecular weight is 522 g/mol. The van der Waals surface area contributed by atoms with Crippen LogP contribution in [0.15, 0.2) is 64.6 Å². The van der Waals surface area contributed by atoms with Crippen LogP contribution in [0, 0.1) is 13.8 Å². The molecule has 172 valence electrons. The minimum Gasteiger partial charge on any atom is -0.465 e. The van der Waals surface area contributed by atoms with Crippen LogP contribution in [-0.4, -0.2) is 35.5 Å². The molecule has 0 bridgehead atoms. The first-order valence-electron chi connectivity index (χ1n) is 10.3. The molecular weight excluding hydrogens is 502 g/mol. The number of halogens is 1. The number of barbiturate groups is 1. The summed E-state index contributed by atoms with van der Waals surface area (Å²) in [5.41, 5.74) is 3.52. The SMILES string of the molecule is COC(=O)c1cccc(-n2c(C)cc(/C=C3\C(=O)NC(=O)N(c4ccc(Br)cc4)C3=O)c2C)c1. The lowest BCUT2D eigenvalue weighted by atomic mass is 10.1. The molecule has 0 radical (unpaired) electrons. The van der Waals surface area contributed by atoms with Crippen LogP contribution in [0.5, 0.6) is 0 Å². The number of carbonyl (C=O) groups excluding carboxylic acids is 4. The molecule has 34 heavy (non-hydrogen) atoms. The molecule has 1 aliphatic heterocycles. The Kier molecular flexibility index (Phi) is 6.21. The minimum absolute atomic E-state index is 0.161. The van der Waals surface area contributed by atoms with Gasteiger partial charge in [-0.1, -0.05) is 22.0 Å². The summed E-state index contributed by atoms with van der Waals surface area (Å²) in [6.45, 7) is 3.72. The highest BCUT2D eigenvalue weighted by Crippen LogP contribution is 2.27. The van der Waals surface area contributed by atoms with E-state index in [1.54, 1.807) is 42.5 Å². The topological polar surface area (TPSA) is 97.7 Å². The molecule has 3 aromatic rings. The Balaban J connectivity index is 1.75. The van der Waals surface area contributed by atoms with Crippen molar-refractivity contribution in [3.05, 3.63) is 87.2 Å². The molecule has 0 atom stereocenters. The largest absolute Gasteiger partial charge is 0.465 e. The van der Waals surface area contributed by atoms with Crippen molar-refractivity contribution in [2.75, 3.05) is 12.0 Å². The van der Waals surface area contributed by atoms with E-state index >= 15 is 0 Å². The Morgan fingerprint density at radius 1 is 1.00 bits per heavy atom. The third kappa shape index (κ3) is 4.17. The fourth-order valence-electron chi connectivity index (χ4n) is 3.86. The molecule has 4 amide bonds. The number of benzene rings is 2. The van der Waals surface area contributed by atoms with Gasteiger partial charge in [-0.15, -0.1) is 0 Å². The smallest absolute Gasteiger partial charge is 0.337 e. The molecule has 0 spiro atoms. The maximum atomic E-state index is 13.2. The Bertz CT molecular complexity index is 1370. The fourth-order valence-corrected chi connectivity index (χ4v) is 4.12. The average Bonchev–Trinajstić information content (AvgIpc) is 3.09. The van der Waals surface area contributed by atoms with Gasteiger partial charge in [0.15, 0.2) is 0 Å². The summed E-state index contributed by atoms with van der Waals surface area (Å²) in [5, 5.41) is 2.23. The highest BCUT2D eigenvalue weighted by molar-refractivity contribution is 9.10. The zero-order chi connectivity index (χ0) is 24.6. The van der Waals surface area contributed by atoms with Gasteiger partial charge in [-0.25, -0.2) is 14.5 Å². The maximum Gasteiger partial charge on any atom is 0.337 e. The monoisotopic (exact) mass is 521 g/mol. The van der Waals surface area contributed by atoms with Crippen molar-refractivity contribution < 1.29 is 23.9 Å². The zero-order valence-electron chi connectivity index (χ0n) is 18.6. The van der Waals surface area contributed by atoms with Crippen LogP contribution in [0.2, 0.25) is 0 Å². The van der Waals surface area contributed by atoms with Crippen molar-refractivity contribution >= 4 is 51.5 Å². The lowest BCUT2D eigenvalue weighted by Gasteiger charge is -2.26. The van der Waals surface area contributed by atoms with E-state index < -0.39 is 23.8 Å². The van der Waals surface area contributed by atoms with Crippen LogP contribution in [0.25, 0.3) is 11.8 Å². The van der Waals surface area contributed by atoms with E-state index in [-0.39, 0.29) is 5.57 Å². The van der Waals surface area contributed by atoms with Gasteiger partial charge in [0.2, 0.25) is 0 Å². The zero-order valence-corrected chi connectivity index (χ0v) is 20.2. The Morgan fingerprint density at radius 2 is 1.71 bits per heavy atom. The molecule has 9 heteroatoms. The fraction of sp³-hybridized carbons (Fsp3) is 0.120. The molecule has 0 aliphatic carbocycles. The molecule has 1 fully saturated rings. The molecule has 8 nitrogen and oxygen atoms in total. The quantitative estimate of drug-likeness (QED) is 0.313. The molecule has 2 aromatic carbocycles. The van der Waals surface area contributed by atoms with Gasteiger partial charge in [0.05, 0.1) is 18.4 Å². The van der Waals surface area contributed by atoms with Gasteiger partial charge in [-0.2, -0.15) is 0 Å². The van der Waals surface area contributed by atoms with E-state index in [2.05, 4.69) is 21.2 Å². The van der Waals surface area contributed by atoms with Crippen LogP contribution < -0.4 is 10.2 Å². The second kappa shape index (κ2) is 9.11. The van der Waals surface area contributed by atoms with Crippen molar-refractivity contribution in [2.45, 2.75) is 13.8 Å². The first kappa shape index (κ1) is 23.2. The van der Waals surface area contributed by atoms with E-state index in [1.807, 2.05) is 30.5 Å². The van der Waals surface area contributed by atoms with Gasteiger partial charge < -0.3 is 9.30 Å². The van der Waals surface area contributed by atoms with Gasteiger partial charge in [0, 0.05) is 21.5 Å². The number of methoxy groups -OCH3 is 1. The van der Waals surface area contributed by atoms with Crippen molar-refractivity contribution in [3.8, 4) is 5.69 Å². The highest BCUT2D eigenvalue weighted by Gasteiger charge is 2.37. The first-order valence-corrected chi connectivity index (χ1v) is 11.0. The number of carbonyl (C=O) groups is 4. The van der Waals surface area contributed by atoms with Crippen molar-refractivity contribution in [1.29, 1.82) is 0 Å². The summed E-state index contributed by atoms with van der Waals surface area (Å²) in [4.78, 5) is 51.0. The number of hydrogen-bond donors (Lipinski definition) is 1. The summed E-state index contributed by atoms with van der Waals surface area (Å²) < 4.78 is 7.50. The van der Waals surface area contributed by atoms with Gasteiger partial charge in [0.25, 0.3) is 11.8 Å². The number of nitrogens with one attached hydrogen (secondary N) is 1. The van der Waals surface area contributed by atoms with E-state index in [1.165, 1.54) is 13.2 Å². The van der Waals surface area contributed by atoms with Crippen LogP contribution >= 0.6 is 15.9 Å². The standard InChI is InChI=1S/C25H20BrN3O5/c1-14-11-17(15(2)28(14)20-6-4-5-16(12-20)24(32)34-3)13-21-22(30)27-25(33)29(23(21)31)19-9-7-18(26)8-10-19/h4-13H,1-3H3,(H,27,30,33)/b21-13+. The summed E-state index contributed by atoms with van der Waals surface area (Å²) in [7, 11) is 1.32. The summed E-state index contributed by atoms with van der Waals surface area (Å²) in [5.74, 6) is -1.93. The molecule has 0 saturated carbocycles. The van der Waals surface area contributed by atoms with E-state index in [4.69, 9.17) is 4.74 Å². The third-order valence-electron chi connectivity index (χ3n) is 5.48. The first-order chi connectivity index (χ1) is 16.2. The van der Waals surface area contributed by atoms with Gasteiger partial charge in [-0.3, -0.25) is 14.9 Å². The van der Waals surface area contributed by atoms with Crippen LogP contribution in [0.1, 0.15) is 27.3 Å². The van der Waals surface area contributed by atoms with Crippen LogP contribution in [0.4, 0.5) is 10.5 Å². The number of imide groups is 2. The predicted octanol–water partition coefficient (Wildman–Crippen LogP) is 4.31. The number of nitrogens with zero attached hydrogens (tertiary/aromatic N) is 2. The molecular formula is C25H20BrN3O5. The summed E-state index contributed by atoms with van der Waals surface area (Å²) in [6.07, 6.45) is 1.47. The van der Waals surface area contributed by atoms with Crippen LogP contribution in [0.3, 0.4) is 0 Å². The van der Waals surface area contributed by atoms with Gasteiger partial charge in [-0.05, 0) is 74.0 Å². The lowest BCUT2D eigenvalue weighted by Crippen LogP contribution is -2.54. The highest BCUT2D eigenvalue weighted by atomic mass is 79.9. The molecule has 1 saturated heterocycles. The molecule has 1 aromatic heterocycles. The minimum atomic E-state index is -0.806. The van der Waals surface area contributed by atoms with E-state index in [0.29, 0.717) is 16.8 Å². The number of hydrogen-bond acceptors (Lipinski definition) is 5. The van der Waals surface area contributed by atoms with Crippen LogP contribution in [-0.2, 0) is 14.3 Å². The number of ether oxygens (including phenoxy) is 1. The molecule has 1 aliphatic rings. The van der Waals surface area contributed by atoms with E-state index in [9.17, 15) is 19.2 Å². The number of aryl methyl sites for hydroxylation is 1. The normalized spacial score (nSPS) is 15.0. The van der Waals surface area contributed by atoms with Gasteiger partial charge >= 0.3 is 12.0 Å². The summed E-state index contributed by atoms with van der Waals surface area (Å²) in [6, 6.07) is 14.6. The third-order valence-corrected chi connectivity index (χ3v) is 6.01. The summed E-state index contributed by atoms with van der Waals surface area (Å²) >= 11 is 3.32. The lowest BCUT2D eigenvalue weighted by molar-refractivity contribution is -0.122. The maximum absolute atomic E-state index is 13.2. The number of aromatic nitrogens is 1. The number of rotatable bonds is 4. The van der Waals surface area contributed by atoms with Crippen molar-refractivity contribution in [2.24, 2.45) is 0 Å². The van der Waals surface area contributed by atoms with Crippen molar-refractivity contribution in [3.63, 3.8) is 0 Å². The Hall–Kier alpha value is -3.98. The Morgan fingerprint density at radius 3 is 2.38 bits per heavy atom. The van der Waals surface area contributed by atoms with E-state index in [0.717, 1.165) is 26.4 Å². The number of amides is 4. The second-order valence-electron chi connectivity index (χ2n) is 7.64. The Labute approximate surface area is 203 Å². The number of urea groups is 1. The number of esters is 1. The molecule has 1 N–H and O–H groups in total. The van der Waals surface area contributed by atoms with Gasteiger partial charge in [0.1, 0.15) is 5.57 Å². The molecule has 4 rings (SSSR count). The van der Waals surface area contributed by atoms with Crippen molar-refractivity contribution in [1.82, 2.24) is 9.88 Å². The molecule has 2 heterocycles. The molecule has 0 unspecified atom stereocenters. The number of anilines is 1. The predicted molar refractivity (Wildman–Crippen MR) is 130 cm³/mol. The second-order valence-corrected chi connectivity index (χ2v) is 8.55.